The Morgan fingerprint density at radius 3 is 2.88 bits per heavy atom. The number of ether oxygens (including phenoxy) is 1. The number of nitro benzene ring substituents is 1. The molecule has 130 valence electrons. The van der Waals surface area contributed by atoms with Crippen LogP contribution in [0.4, 0.5) is 10.5 Å². The summed E-state index contributed by atoms with van der Waals surface area (Å²) in [5, 5.41) is 13.8. The van der Waals surface area contributed by atoms with Gasteiger partial charge in [-0.15, -0.1) is 0 Å². The molecule has 1 fully saturated rings. The number of amides is 2. The van der Waals surface area contributed by atoms with Gasteiger partial charge in [0.15, 0.2) is 0 Å². The lowest BCUT2D eigenvalue weighted by molar-refractivity contribution is -0.385. The van der Waals surface area contributed by atoms with E-state index in [2.05, 4.69) is 5.32 Å². The van der Waals surface area contributed by atoms with Crippen LogP contribution in [0, 0.1) is 17.0 Å². The first-order chi connectivity index (χ1) is 11.4. The van der Waals surface area contributed by atoms with Crippen molar-refractivity contribution in [1.29, 1.82) is 0 Å². The fourth-order valence-corrected chi connectivity index (χ4v) is 2.74. The number of benzene rings is 1. The van der Waals surface area contributed by atoms with E-state index in [1.165, 1.54) is 6.07 Å². The molecule has 0 aliphatic carbocycles. The molecule has 1 aliphatic heterocycles. The van der Waals surface area contributed by atoms with Gasteiger partial charge < -0.3 is 15.0 Å². The Balaban J connectivity index is 2.08. The zero-order valence-corrected chi connectivity index (χ0v) is 13.8. The largest absolute Gasteiger partial charge is 0.450 e. The van der Waals surface area contributed by atoms with Crippen molar-refractivity contribution in [3.63, 3.8) is 0 Å². The summed E-state index contributed by atoms with van der Waals surface area (Å²) in [5.74, 6) is -0.270. The second kappa shape index (κ2) is 7.76. The number of alkyl carbamates (subject to hydrolysis) is 1. The van der Waals surface area contributed by atoms with Crippen molar-refractivity contribution < 1.29 is 19.2 Å². The molecule has 0 aromatic heterocycles. The minimum atomic E-state index is -0.497. The van der Waals surface area contributed by atoms with Crippen molar-refractivity contribution in [3.05, 3.63) is 39.4 Å². The summed E-state index contributed by atoms with van der Waals surface area (Å²) in [6, 6.07) is 4.29. The Morgan fingerprint density at radius 2 is 2.21 bits per heavy atom. The molecule has 1 N–H and O–H groups in total. The van der Waals surface area contributed by atoms with Gasteiger partial charge in [-0.25, -0.2) is 4.79 Å². The summed E-state index contributed by atoms with van der Waals surface area (Å²) in [5.41, 5.74) is 0.722. The van der Waals surface area contributed by atoms with Gasteiger partial charge in [0.1, 0.15) is 0 Å². The summed E-state index contributed by atoms with van der Waals surface area (Å²) < 4.78 is 4.85. The molecular formula is C16H21N3O5. The Bertz CT molecular complexity index is 647. The molecule has 0 saturated carbocycles. The number of nitro groups is 1. The first kappa shape index (κ1) is 17.7. The van der Waals surface area contributed by atoms with Gasteiger partial charge in [0.25, 0.3) is 11.6 Å². The molecule has 0 spiro atoms. The van der Waals surface area contributed by atoms with Crippen molar-refractivity contribution in [3.8, 4) is 0 Å². The minimum Gasteiger partial charge on any atom is -0.450 e. The Hall–Kier alpha value is -2.64. The van der Waals surface area contributed by atoms with E-state index in [0.29, 0.717) is 18.7 Å². The van der Waals surface area contributed by atoms with Crippen LogP contribution in [0.1, 0.15) is 35.7 Å². The first-order valence-corrected chi connectivity index (χ1v) is 7.90. The lowest BCUT2D eigenvalue weighted by Gasteiger charge is -2.33. The summed E-state index contributed by atoms with van der Waals surface area (Å²) in [6.45, 7) is 4.56. The van der Waals surface area contributed by atoms with Gasteiger partial charge in [-0.2, -0.15) is 0 Å². The van der Waals surface area contributed by atoms with E-state index in [1.807, 2.05) is 0 Å². The molecule has 1 saturated heterocycles. The van der Waals surface area contributed by atoms with Crippen molar-refractivity contribution in [2.24, 2.45) is 0 Å². The zero-order valence-electron chi connectivity index (χ0n) is 13.8. The summed E-state index contributed by atoms with van der Waals surface area (Å²) >= 11 is 0. The number of nitrogens with one attached hydrogen (secondary N) is 1. The van der Waals surface area contributed by atoms with Crippen LogP contribution in [0.25, 0.3) is 0 Å². The Morgan fingerprint density at radius 1 is 1.46 bits per heavy atom. The van der Waals surface area contributed by atoms with E-state index in [1.54, 1.807) is 30.9 Å². The Kier molecular flexibility index (Phi) is 5.73. The smallest absolute Gasteiger partial charge is 0.407 e. The van der Waals surface area contributed by atoms with Crippen LogP contribution in [0.15, 0.2) is 18.2 Å². The summed E-state index contributed by atoms with van der Waals surface area (Å²) in [6.07, 6.45) is 1.01. The number of carbonyl (C=O) groups is 2. The molecule has 8 heteroatoms. The average molecular weight is 335 g/mol. The highest BCUT2D eigenvalue weighted by Crippen LogP contribution is 2.21. The van der Waals surface area contributed by atoms with Gasteiger partial charge in [-0.3, -0.25) is 14.9 Å². The predicted octanol–water partition coefficient (Wildman–Crippen LogP) is 2.25. The molecule has 8 nitrogen and oxygen atoms in total. The highest BCUT2D eigenvalue weighted by Gasteiger charge is 2.27. The van der Waals surface area contributed by atoms with E-state index in [9.17, 15) is 19.7 Å². The summed E-state index contributed by atoms with van der Waals surface area (Å²) in [7, 11) is 0. The topological polar surface area (TPSA) is 102 Å². The average Bonchev–Trinajstić information content (AvgIpc) is 2.54. The van der Waals surface area contributed by atoms with E-state index in [-0.39, 0.29) is 29.8 Å². The first-order valence-electron chi connectivity index (χ1n) is 7.90. The quantitative estimate of drug-likeness (QED) is 0.671. The van der Waals surface area contributed by atoms with Crippen LogP contribution in [-0.2, 0) is 4.74 Å². The lowest BCUT2D eigenvalue weighted by atomic mass is 10.0. The zero-order chi connectivity index (χ0) is 17.7. The number of rotatable bonds is 4. The van der Waals surface area contributed by atoms with Crippen LogP contribution < -0.4 is 5.32 Å². The third kappa shape index (κ3) is 4.21. The van der Waals surface area contributed by atoms with Crippen molar-refractivity contribution in [2.75, 3.05) is 19.7 Å². The molecule has 1 heterocycles. The van der Waals surface area contributed by atoms with Gasteiger partial charge >= 0.3 is 6.09 Å². The lowest BCUT2D eigenvalue weighted by Crippen LogP contribution is -2.49. The molecule has 0 unspecified atom stereocenters. The number of aryl methyl sites for hydroxylation is 1. The van der Waals surface area contributed by atoms with E-state index in [0.717, 1.165) is 12.8 Å². The minimum absolute atomic E-state index is 0.0703. The fourth-order valence-electron chi connectivity index (χ4n) is 2.74. The number of hydrogen-bond acceptors (Lipinski definition) is 5. The van der Waals surface area contributed by atoms with Gasteiger partial charge in [-0.05, 0) is 32.8 Å². The van der Waals surface area contributed by atoms with Crippen LogP contribution in [-0.4, -0.2) is 47.6 Å². The fraction of sp³-hybridized carbons (Fsp3) is 0.500. The predicted molar refractivity (Wildman–Crippen MR) is 86.9 cm³/mol. The standard InChI is InChI=1S/C16H21N3O5/c1-3-24-16(21)17-13-5-4-8-18(10-13)15(20)12-7-6-11(2)14(9-12)19(22)23/h6-7,9,13H,3-5,8,10H2,1-2H3,(H,17,21)/t13-/m0/s1. The highest BCUT2D eigenvalue weighted by molar-refractivity contribution is 5.95. The SMILES string of the molecule is CCOC(=O)N[C@H]1CCCN(C(=O)c2ccc(C)c([N+](=O)[O-])c2)C1. The molecule has 1 aromatic rings. The summed E-state index contributed by atoms with van der Waals surface area (Å²) in [4.78, 5) is 36.2. The second-order valence-corrected chi connectivity index (χ2v) is 5.71. The third-order valence-corrected chi connectivity index (χ3v) is 3.96. The highest BCUT2D eigenvalue weighted by atomic mass is 16.6. The van der Waals surface area contributed by atoms with Gasteiger partial charge in [0, 0.05) is 36.3 Å². The third-order valence-electron chi connectivity index (χ3n) is 3.96. The van der Waals surface area contributed by atoms with Crippen molar-refractivity contribution in [1.82, 2.24) is 10.2 Å². The number of piperidine rings is 1. The number of hydrogen-bond donors (Lipinski definition) is 1. The molecule has 1 aromatic carbocycles. The van der Waals surface area contributed by atoms with E-state index >= 15 is 0 Å². The number of likely N-dealkylation sites (tertiary alicyclic amines) is 1. The van der Waals surface area contributed by atoms with Crippen LogP contribution in [0.3, 0.4) is 0 Å². The molecule has 1 aliphatic rings. The molecule has 0 bridgehead atoms. The van der Waals surface area contributed by atoms with Crippen LogP contribution >= 0.6 is 0 Å². The molecule has 1 atom stereocenters. The molecule has 2 amide bonds. The molecule has 0 radical (unpaired) electrons. The maximum atomic E-state index is 12.6. The van der Waals surface area contributed by atoms with Gasteiger partial charge in [-0.1, -0.05) is 6.07 Å². The normalized spacial score (nSPS) is 17.2. The number of nitrogens with zero attached hydrogens (tertiary/aromatic N) is 2. The van der Waals surface area contributed by atoms with E-state index in [4.69, 9.17) is 4.74 Å². The van der Waals surface area contributed by atoms with Crippen molar-refractivity contribution in [2.45, 2.75) is 32.7 Å². The van der Waals surface area contributed by atoms with Crippen molar-refractivity contribution >= 4 is 17.7 Å². The second-order valence-electron chi connectivity index (χ2n) is 5.71. The molecule has 24 heavy (non-hydrogen) atoms. The van der Waals surface area contributed by atoms with Gasteiger partial charge in [0.05, 0.1) is 11.5 Å². The van der Waals surface area contributed by atoms with Crippen LogP contribution in [0.5, 0.6) is 0 Å². The van der Waals surface area contributed by atoms with E-state index < -0.39 is 11.0 Å². The van der Waals surface area contributed by atoms with Gasteiger partial charge in [0.2, 0.25) is 0 Å². The van der Waals surface area contributed by atoms with Crippen LogP contribution in [0.2, 0.25) is 0 Å². The number of carbonyl (C=O) groups excluding carboxylic acids is 2. The monoisotopic (exact) mass is 335 g/mol. The maximum absolute atomic E-state index is 12.6. The maximum Gasteiger partial charge on any atom is 0.407 e. The molecule has 2 rings (SSSR count). The molecular weight excluding hydrogens is 314 g/mol. The Labute approximate surface area is 139 Å².